The topological polar surface area (TPSA) is 24.5 Å². The predicted molar refractivity (Wildman–Crippen MR) is 50.0 cm³/mol. The van der Waals surface area contributed by atoms with Gasteiger partial charge in [0.2, 0.25) is 0 Å². The summed E-state index contributed by atoms with van der Waals surface area (Å²) in [6, 6.07) is 0. The SMILES string of the molecule is C/C(=C\Cl)CNN1CCOCC1. The number of hydrogen-bond donors (Lipinski definition) is 1. The van der Waals surface area contributed by atoms with Crippen LogP contribution in [0.1, 0.15) is 6.92 Å². The van der Waals surface area contributed by atoms with Crippen molar-refractivity contribution in [1.82, 2.24) is 10.4 Å². The molecule has 0 aliphatic carbocycles. The second-order valence-corrected chi connectivity index (χ2v) is 3.11. The molecule has 1 fully saturated rings. The van der Waals surface area contributed by atoms with Crippen molar-refractivity contribution >= 4 is 11.6 Å². The third kappa shape index (κ3) is 3.54. The van der Waals surface area contributed by atoms with E-state index < -0.39 is 0 Å². The van der Waals surface area contributed by atoms with Crippen LogP contribution in [0.4, 0.5) is 0 Å². The summed E-state index contributed by atoms with van der Waals surface area (Å²) in [6.07, 6.45) is 0. The maximum absolute atomic E-state index is 5.52. The third-order valence-electron chi connectivity index (χ3n) is 1.78. The molecule has 0 aromatic rings. The van der Waals surface area contributed by atoms with Crippen molar-refractivity contribution in [2.45, 2.75) is 6.92 Å². The van der Waals surface area contributed by atoms with E-state index in [-0.39, 0.29) is 0 Å². The highest BCUT2D eigenvalue weighted by molar-refractivity contribution is 6.25. The molecule has 1 aliphatic rings. The van der Waals surface area contributed by atoms with Crippen LogP contribution in [0, 0.1) is 0 Å². The zero-order valence-electron chi connectivity index (χ0n) is 7.35. The van der Waals surface area contributed by atoms with E-state index in [1.54, 1.807) is 5.54 Å². The fourth-order valence-electron chi connectivity index (χ4n) is 0.997. The molecular formula is C8H15ClN2O. The number of ether oxygens (including phenoxy) is 1. The van der Waals surface area contributed by atoms with Gasteiger partial charge < -0.3 is 4.74 Å². The molecule has 3 nitrogen and oxygen atoms in total. The number of halogens is 1. The van der Waals surface area contributed by atoms with Gasteiger partial charge in [-0.3, -0.25) is 5.43 Å². The van der Waals surface area contributed by atoms with Gasteiger partial charge in [0.15, 0.2) is 0 Å². The molecule has 0 spiro atoms. The summed E-state index contributed by atoms with van der Waals surface area (Å²) in [5, 5.41) is 2.16. The van der Waals surface area contributed by atoms with Crippen molar-refractivity contribution in [2.24, 2.45) is 0 Å². The molecule has 0 aromatic carbocycles. The molecule has 0 radical (unpaired) electrons. The van der Waals surface area contributed by atoms with Gasteiger partial charge >= 0.3 is 0 Å². The van der Waals surface area contributed by atoms with E-state index in [9.17, 15) is 0 Å². The Bertz CT molecular complexity index is 155. The second kappa shape index (κ2) is 5.54. The first-order valence-corrected chi connectivity index (χ1v) is 4.58. The molecule has 0 bridgehead atoms. The number of morpholine rings is 1. The van der Waals surface area contributed by atoms with Crippen molar-refractivity contribution in [3.63, 3.8) is 0 Å². The van der Waals surface area contributed by atoms with Gasteiger partial charge in [-0.05, 0) is 12.5 Å². The van der Waals surface area contributed by atoms with Crippen LogP contribution in [0.3, 0.4) is 0 Å². The molecule has 4 heteroatoms. The molecule has 0 aromatic heterocycles. The summed E-state index contributed by atoms with van der Waals surface area (Å²) in [7, 11) is 0. The minimum absolute atomic E-state index is 0.816. The number of hydrogen-bond acceptors (Lipinski definition) is 3. The van der Waals surface area contributed by atoms with Crippen LogP contribution in [0.15, 0.2) is 11.1 Å². The van der Waals surface area contributed by atoms with Crippen LogP contribution in [0.5, 0.6) is 0 Å². The number of hydrazine groups is 1. The molecule has 1 rings (SSSR count). The Balaban J connectivity index is 2.13. The first-order chi connectivity index (χ1) is 5.83. The van der Waals surface area contributed by atoms with E-state index in [0.29, 0.717) is 0 Å². The Labute approximate surface area is 78.3 Å². The van der Waals surface area contributed by atoms with Crippen LogP contribution in [-0.4, -0.2) is 37.9 Å². The largest absolute Gasteiger partial charge is 0.379 e. The highest BCUT2D eigenvalue weighted by atomic mass is 35.5. The number of nitrogens with one attached hydrogen (secondary N) is 1. The van der Waals surface area contributed by atoms with E-state index >= 15 is 0 Å². The first-order valence-electron chi connectivity index (χ1n) is 4.15. The van der Waals surface area contributed by atoms with Crippen molar-refractivity contribution in [2.75, 3.05) is 32.8 Å². The Hall–Kier alpha value is -0.0900. The first kappa shape index (κ1) is 9.99. The summed E-state index contributed by atoms with van der Waals surface area (Å²) in [5.74, 6) is 0. The number of rotatable bonds is 3. The lowest BCUT2D eigenvalue weighted by Crippen LogP contribution is -2.46. The lowest BCUT2D eigenvalue weighted by atomic mass is 10.3. The van der Waals surface area contributed by atoms with Crippen LogP contribution >= 0.6 is 11.6 Å². The summed E-state index contributed by atoms with van der Waals surface area (Å²) >= 11 is 5.52. The average Bonchev–Trinajstić information content (AvgIpc) is 2.16. The van der Waals surface area contributed by atoms with E-state index in [2.05, 4.69) is 10.4 Å². The fraction of sp³-hybridized carbons (Fsp3) is 0.750. The van der Waals surface area contributed by atoms with Crippen molar-refractivity contribution in [1.29, 1.82) is 0 Å². The average molecular weight is 191 g/mol. The quantitative estimate of drug-likeness (QED) is 0.718. The molecule has 1 N–H and O–H groups in total. The smallest absolute Gasteiger partial charge is 0.0608 e. The zero-order chi connectivity index (χ0) is 8.81. The molecule has 0 saturated carbocycles. The zero-order valence-corrected chi connectivity index (χ0v) is 8.10. The Kier molecular flexibility index (Phi) is 4.61. The van der Waals surface area contributed by atoms with Gasteiger partial charge in [0, 0.05) is 25.2 Å². The molecule has 1 saturated heterocycles. The van der Waals surface area contributed by atoms with Crippen molar-refractivity contribution in [3.05, 3.63) is 11.1 Å². The molecule has 1 heterocycles. The second-order valence-electron chi connectivity index (χ2n) is 2.89. The summed E-state index contributed by atoms with van der Waals surface area (Å²) in [5.41, 5.74) is 6.02. The Morgan fingerprint density at radius 2 is 2.25 bits per heavy atom. The van der Waals surface area contributed by atoms with Gasteiger partial charge in [-0.2, -0.15) is 0 Å². The molecular weight excluding hydrogens is 176 g/mol. The molecule has 70 valence electrons. The van der Waals surface area contributed by atoms with Gasteiger partial charge in [0.1, 0.15) is 0 Å². The normalized spacial score (nSPS) is 21.3. The van der Waals surface area contributed by atoms with Crippen LogP contribution in [-0.2, 0) is 4.74 Å². The van der Waals surface area contributed by atoms with E-state index in [4.69, 9.17) is 16.3 Å². The highest BCUT2D eigenvalue weighted by Crippen LogP contribution is 1.96. The summed E-state index contributed by atoms with van der Waals surface area (Å²) in [6.45, 7) is 6.36. The third-order valence-corrected chi connectivity index (χ3v) is 2.15. The van der Waals surface area contributed by atoms with Crippen molar-refractivity contribution < 1.29 is 4.74 Å². The van der Waals surface area contributed by atoms with Gasteiger partial charge in [-0.25, -0.2) is 5.01 Å². The van der Waals surface area contributed by atoms with Crippen LogP contribution in [0.2, 0.25) is 0 Å². The standard InChI is InChI=1S/C8H15ClN2O/c1-8(6-9)7-10-11-2-4-12-5-3-11/h6,10H,2-5,7H2,1H3/b8-6+. The highest BCUT2D eigenvalue weighted by Gasteiger charge is 2.08. The van der Waals surface area contributed by atoms with Crippen molar-refractivity contribution in [3.8, 4) is 0 Å². The molecule has 0 atom stereocenters. The molecule has 1 aliphatic heterocycles. The van der Waals surface area contributed by atoms with E-state index in [0.717, 1.165) is 38.4 Å². The predicted octanol–water partition coefficient (Wildman–Crippen LogP) is 0.966. The van der Waals surface area contributed by atoms with E-state index in [1.165, 1.54) is 0 Å². The van der Waals surface area contributed by atoms with E-state index in [1.807, 2.05) is 6.92 Å². The van der Waals surface area contributed by atoms with Gasteiger partial charge in [-0.15, -0.1) is 0 Å². The van der Waals surface area contributed by atoms with Crippen LogP contribution in [0.25, 0.3) is 0 Å². The van der Waals surface area contributed by atoms with Gasteiger partial charge in [0.05, 0.1) is 13.2 Å². The molecule has 12 heavy (non-hydrogen) atoms. The molecule has 0 unspecified atom stereocenters. The lowest BCUT2D eigenvalue weighted by molar-refractivity contribution is 0.0139. The lowest BCUT2D eigenvalue weighted by Gasteiger charge is -2.27. The minimum atomic E-state index is 0.816. The monoisotopic (exact) mass is 190 g/mol. The summed E-state index contributed by atoms with van der Waals surface area (Å²) in [4.78, 5) is 0. The maximum Gasteiger partial charge on any atom is 0.0608 e. The van der Waals surface area contributed by atoms with Crippen LogP contribution < -0.4 is 5.43 Å². The molecule has 0 amide bonds. The van der Waals surface area contributed by atoms with Gasteiger partial charge in [-0.1, -0.05) is 11.6 Å². The fourth-order valence-corrected chi connectivity index (χ4v) is 1.07. The maximum atomic E-state index is 5.52. The Morgan fingerprint density at radius 3 is 2.83 bits per heavy atom. The Morgan fingerprint density at radius 1 is 1.58 bits per heavy atom. The van der Waals surface area contributed by atoms with Gasteiger partial charge in [0.25, 0.3) is 0 Å². The number of nitrogens with zero attached hydrogens (tertiary/aromatic N) is 1. The minimum Gasteiger partial charge on any atom is -0.379 e. The summed E-state index contributed by atoms with van der Waals surface area (Å²) < 4.78 is 5.21.